The Morgan fingerprint density at radius 1 is 0.767 bits per heavy atom. The van der Waals surface area contributed by atoms with E-state index in [4.69, 9.17) is 5.73 Å². The second kappa shape index (κ2) is 6.62. The number of nitrogens with two attached hydrogens (primary N) is 1. The number of anilines is 1. The summed E-state index contributed by atoms with van der Waals surface area (Å²) in [7, 11) is -4.74. The van der Waals surface area contributed by atoms with Gasteiger partial charge in [-0.1, -0.05) is 42.0 Å². The smallest absolute Gasteiger partial charge is 0.296 e. The van der Waals surface area contributed by atoms with Crippen LogP contribution in [0.15, 0.2) is 47.4 Å². The Hall–Kier alpha value is -3.29. The molecule has 0 spiro atoms. The second-order valence-electron chi connectivity index (χ2n) is 7.54. The lowest BCUT2D eigenvalue weighted by Crippen LogP contribution is -2.25. The third kappa shape index (κ3) is 2.86. The number of benzene rings is 3. The molecule has 0 saturated heterocycles. The quantitative estimate of drug-likeness (QED) is 0.375. The highest BCUT2D eigenvalue weighted by Crippen LogP contribution is 2.42. The van der Waals surface area contributed by atoms with Crippen LogP contribution in [0.3, 0.4) is 0 Å². The molecule has 1 aliphatic carbocycles. The van der Waals surface area contributed by atoms with Crippen molar-refractivity contribution in [1.82, 2.24) is 0 Å². The number of aryl methyl sites for hydroxylation is 3. The summed E-state index contributed by atoms with van der Waals surface area (Å²) < 4.78 is 33.9. The largest absolute Gasteiger partial charge is 0.397 e. The van der Waals surface area contributed by atoms with Gasteiger partial charge in [-0.25, -0.2) is 0 Å². The first-order chi connectivity index (χ1) is 14.0. The SMILES string of the molecule is Cc1cc(C)c(-c2cc(S(=O)(=O)O)c(N)c3c2C(=O)c2ccccc2C3=O)c(C)c1. The Morgan fingerprint density at radius 2 is 1.27 bits per heavy atom. The van der Waals surface area contributed by atoms with Crippen LogP contribution in [0.2, 0.25) is 0 Å². The maximum atomic E-state index is 13.4. The molecule has 6 nitrogen and oxygen atoms in total. The molecule has 3 N–H and O–H groups in total. The minimum atomic E-state index is -4.74. The average molecular weight is 421 g/mol. The van der Waals surface area contributed by atoms with Gasteiger partial charge in [0.25, 0.3) is 10.1 Å². The molecule has 0 aromatic heterocycles. The first-order valence-electron chi connectivity index (χ1n) is 9.23. The van der Waals surface area contributed by atoms with Gasteiger partial charge in [-0.15, -0.1) is 0 Å². The monoisotopic (exact) mass is 421 g/mol. The predicted molar refractivity (Wildman–Crippen MR) is 114 cm³/mol. The number of carbonyl (C=O) groups is 2. The first-order valence-corrected chi connectivity index (χ1v) is 10.7. The zero-order chi connectivity index (χ0) is 22.0. The van der Waals surface area contributed by atoms with Crippen LogP contribution in [0.5, 0.6) is 0 Å². The molecule has 0 fully saturated rings. The standard InChI is InChI=1S/C23H19NO5S/c1-11-8-12(2)18(13(3)9-11)16-10-17(30(27,28)29)21(24)20-19(16)22(25)14-6-4-5-7-15(14)23(20)26/h4-10H,24H2,1-3H3,(H,27,28,29). The lowest BCUT2D eigenvalue weighted by molar-refractivity contribution is 0.0980. The van der Waals surface area contributed by atoms with E-state index in [0.717, 1.165) is 16.7 Å². The molecule has 0 atom stereocenters. The summed E-state index contributed by atoms with van der Waals surface area (Å²) in [6.45, 7) is 5.61. The minimum absolute atomic E-state index is 0.0543. The summed E-state index contributed by atoms with van der Waals surface area (Å²) in [5.74, 6) is -0.963. The minimum Gasteiger partial charge on any atom is -0.397 e. The predicted octanol–water partition coefficient (Wildman–Crippen LogP) is 3.88. The third-order valence-corrected chi connectivity index (χ3v) is 6.32. The molecule has 7 heteroatoms. The van der Waals surface area contributed by atoms with Gasteiger partial charge in [0.2, 0.25) is 0 Å². The summed E-state index contributed by atoms with van der Waals surface area (Å²) in [4.78, 5) is 26.1. The van der Waals surface area contributed by atoms with E-state index in [-0.39, 0.29) is 27.8 Å². The van der Waals surface area contributed by atoms with Crippen LogP contribution in [0.1, 0.15) is 48.5 Å². The Labute approximate surface area is 174 Å². The van der Waals surface area contributed by atoms with Gasteiger partial charge < -0.3 is 5.73 Å². The van der Waals surface area contributed by atoms with Gasteiger partial charge in [0, 0.05) is 16.7 Å². The number of ketones is 2. The summed E-state index contributed by atoms with van der Waals surface area (Å²) in [5, 5.41) is 0. The molecule has 30 heavy (non-hydrogen) atoms. The fourth-order valence-corrected chi connectivity index (χ4v) is 4.96. The van der Waals surface area contributed by atoms with Crippen LogP contribution in [0.4, 0.5) is 5.69 Å². The molecule has 1 aliphatic rings. The molecule has 0 heterocycles. The number of rotatable bonds is 2. The van der Waals surface area contributed by atoms with Gasteiger partial charge in [-0.2, -0.15) is 8.42 Å². The molecule has 152 valence electrons. The number of hydrogen-bond donors (Lipinski definition) is 2. The van der Waals surface area contributed by atoms with E-state index in [1.165, 1.54) is 12.1 Å². The van der Waals surface area contributed by atoms with Gasteiger partial charge in [0.1, 0.15) is 4.90 Å². The van der Waals surface area contributed by atoms with Crippen molar-refractivity contribution in [2.75, 3.05) is 5.73 Å². The van der Waals surface area contributed by atoms with Gasteiger partial charge in [0.15, 0.2) is 11.6 Å². The van der Waals surface area contributed by atoms with Gasteiger partial charge >= 0.3 is 0 Å². The molecule has 0 saturated carbocycles. The molecule has 0 amide bonds. The van der Waals surface area contributed by atoms with E-state index in [1.54, 1.807) is 18.2 Å². The molecule has 4 rings (SSSR count). The van der Waals surface area contributed by atoms with Crippen LogP contribution in [0, 0.1) is 20.8 Å². The lowest BCUT2D eigenvalue weighted by Gasteiger charge is -2.24. The topological polar surface area (TPSA) is 115 Å². The van der Waals surface area contributed by atoms with E-state index in [1.807, 2.05) is 32.9 Å². The van der Waals surface area contributed by atoms with Crippen LogP contribution >= 0.6 is 0 Å². The van der Waals surface area contributed by atoms with Gasteiger partial charge in [0.05, 0.1) is 11.3 Å². The lowest BCUT2D eigenvalue weighted by atomic mass is 9.78. The van der Waals surface area contributed by atoms with Crippen molar-refractivity contribution in [2.24, 2.45) is 0 Å². The molecule has 0 unspecified atom stereocenters. The first kappa shape index (κ1) is 20.0. The third-order valence-electron chi connectivity index (χ3n) is 5.42. The van der Waals surface area contributed by atoms with E-state index in [9.17, 15) is 22.6 Å². The molecular formula is C23H19NO5S. The van der Waals surface area contributed by atoms with Crippen LogP contribution in [-0.4, -0.2) is 24.5 Å². The Balaban J connectivity index is 2.21. The zero-order valence-electron chi connectivity index (χ0n) is 16.6. The number of fused-ring (bicyclic) bond motifs is 2. The summed E-state index contributed by atoms with van der Waals surface area (Å²) >= 11 is 0. The van der Waals surface area contributed by atoms with Crippen molar-refractivity contribution in [1.29, 1.82) is 0 Å². The van der Waals surface area contributed by atoms with Crippen molar-refractivity contribution in [3.05, 3.63) is 81.4 Å². The Kier molecular flexibility index (Phi) is 4.41. The number of carbonyl (C=O) groups excluding carboxylic acids is 2. The zero-order valence-corrected chi connectivity index (χ0v) is 17.4. The Bertz CT molecular complexity index is 1360. The molecule has 3 aromatic carbocycles. The van der Waals surface area contributed by atoms with Crippen molar-refractivity contribution in [3.63, 3.8) is 0 Å². The van der Waals surface area contributed by atoms with E-state index >= 15 is 0 Å². The fraction of sp³-hybridized carbons (Fsp3) is 0.130. The molecular weight excluding hydrogens is 402 g/mol. The van der Waals surface area contributed by atoms with Crippen LogP contribution in [-0.2, 0) is 10.1 Å². The normalized spacial score (nSPS) is 13.2. The molecule has 3 aromatic rings. The van der Waals surface area contributed by atoms with Crippen molar-refractivity contribution < 1.29 is 22.6 Å². The summed E-state index contributed by atoms with van der Waals surface area (Å²) in [5.41, 5.74) is 9.36. The van der Waals surface area contributed by atoms with Crippen molar-refractivity contribution >= 4 is 27.4 Å². The Morgan fingerprint density at radius 3 is 1.77 bits per heavy atom. The van der Waals surface area contributed by atoms with E-state index < -0.39 is 32.3 Å². The number of nitrogen functional groups attached to an aromatic ring is 1. The maximum absolute atomic E-state index is 13.4. The second-order valence-corrected chi connectivity index (χ2v) is 8.93. The van der Waals surface area contributed by atoms with Crippen LogP contribution in [0.25, 0.3) is 11.1 Å². The van der Waals surface area contributed by atoms with Crippen molar-refractivity contribution in [2.45, 2.75) is 25.7 Å². The van der Waals surface area contributed by atoms with Crippen molar-refractivity contribution in [3.8, 4) is 11.1 Å². The number of hydrogen-bond acceptors (Lipinski definition) is 5. The fourth-order valence-electron chi connectivity index (χ4n) is 4.31. The molecule has 0 radical (unpaired) electrons. The highest BCUT2D eigenvalue weighted by molar-refractivity contribution is 7.86. The van der Waals surface area contributed by atoms with Crippen LogP contribution < -0.4 is 5.73 Å². The van der Waals surface area contributed by atoms with Gasteiger partial charge in [-0.05, 0) is 49.1 Å². The van der Waals surface area contributed by atoms with Gasteiger partial charge in [-0.3, -0.25) is 14.1 Å². The highest BCUT2D eigenvalue weighted by Gasteiger charge is 2.37. The van der Waals surface area contributed by atoms with E-state index in [0.29, 0.717) is 5.56 Å². The summed E-state index contributed by atoms with van der Waals surface area (Å²) in [6.07, 6.45) is 0. The average Bonchev–Trinajstić information content (AvgIpc) is 2.65. The molecule has 0 bridgehead atoms. The highest BCUT2D eigenvalue weighted by atomic mass is 32.2. The van der Waals surface area contributed by atoms with E-state index in [2.05, 4.69) is 0 Å². The summed E-state index contributed by atoms with van der Waals surface area (Å²) in [6, 6.07) is 11.3. The maximum Gasteiger partial charge on any atom is 0.296 e. The molecule has 0 aliphatic heterocycles.